The summed E-state index contributed by atoms with van der Waals surface area (Å²) < 4.78 is 0. The van der Waals surface area contributed by atoms with Crippen LogP contribution in [0.25, 0.3) is 0 Å². The van der Waals surface area contributed by atoms with Crippen LogP contribution in [0.2, 0.25) is 0 Å². The van der Waals surface area contributed by atoms with E-state index in [9.17, 15) is 0 Å². The number of rotatable bonds is 2. The molecule has 0 aliphatic heterocycles. The van der Waals surface area contributed by atoms with Gasteiger partial charge in [-0.05, 0) is 55.1 Å². The molecule has 0 radical (unpaired) electrons. The molecule has 0 saturated heterocycles. The van der Waals surface area contributed by atoms with Gasteiger partial charge in [-0.1, -0.05) is 38.8 Å². The first kappa shape index (κ1) is 14.3. The van der Waals surface area contributed by atoms with Crippen LogP contribution in [0.1, 0.15) is 38.7 Å². The highest BCUT2D eigenvalue weighted by Gasteiger charge is 2.27. The molecule has 3 atom stereocenters. The predicted molar refractivity (Wildman–Crippen MR) is 86.5 cm³/mol. The second-order valence-corrected chi connectivity index (χ2v) is 6.25. The van der Waals surface area contributed by atoms with Gasteiger partial charge in [-0.15, -0.1) is 0 Å². The van der Waals surface area contributed by atoms with Gasteiger partial charge < -0.3 is 10.6 Å². The predicted octanol–water partition coefficient (Wildman–Crippen LogP) is 4.11. The molecular formula is C16H24N2S. The molecule has 0 heterocycles. The maximum absolute atomic E-state index is 5.43. The van der Waals surface area contributed by atoms with Crippen molar-refractivity contribution in [2.24, 2.45) is 11.8 Å². The first-order valence-corrected chi connectivity index (χ1v) is 7.61. The molecule has 0 amide bonds. The van der Waals surface area contributed by atoms with E-state index in [4.69, 9.17) is 12.2 Å². The average molecular weight is 276 g/mol. The Morgan fingerprint density at radius 1 is 1.26 bits per heavy atom. The summed E-state index contributed by atoms with van der Waals surface area (Å²) in [6.07, 6.45) is 3.87. The Kier molecular flexibility index (Phi) is 4.81. The first-order chi connectivity index (χ1) is 9.06. The number of benzene rings is 1. The molecule has 1 aliphatic carbocycles. The summed E-state index contributed by atoms with van der Waals surface area (Å²) in [7, 11) is 0. The van der Waals surface area contributed by atoms with Crippen molar-refractivity contribution in [1.82, 2.24) is 5.32 Å². The van der Waals surface area contributed by atoms with Crippen LogP contribution >= 0.6 is 12.2 Å². The largest absolute Gasteiger partial charge is 0.359 e. The van der Waals surface area contributed by atoms with Gasteiger partial charge in [-0.2, -0.15) is 0 Å². The Balaban J connectivity index is 1.90. The quantitative estimate of drug-likeness (QED) is 0.795. The molecule has 2 nitrogen and oxygen atoms in total. The summed E-state index contributed by atoms with van der Waals surface area (Å²) in [5.41, 5.74) is 2.31. The third kappa shape index (κ3) is 3.93. The second kappa shape index (κ2) is 6.38. The SMILES string of the molecule is Cc1cccc(NC(=S)N[C@@H]2CCC[C@H](C)[C@@H]2C)c1. The summed E-state index contributed by atoms with van der Waals surface area (Å²) in [6.45, 7) is 6.76. The Morgan fingerprint density at radius 2 is 2.05 bits per heavy atom. The monoisotopic (exact) mass is 276 g/mol. The molecule has 104 valence electrons. The number of anilines is 1. The van der Waals surface area contributed by atoms with Gasteiger partial charge in [-0.3, -0.25) is 0 Å². The lowest BCUT2D eigenvalue weighted by Crippen LogP contribution is -2.45. The van der Waals surface area contributed by atoms with Gasteiger partial charge in [0, 0.05) is 11.7 Å². The third-order valence-corrected chi connectivity index (χ3v) is 4.52. The van der Waals surface area contributed by atoms with Crippen LogP contribution in [0.15, 0.2) is 24.3 Å². The molecule has 1 fully saturated rings. The number of thiocarbonyl (C=S) groups is 1. The van der Waals surface area contributed by atoms with Crippen LogP contribution in [-0.2, 0) is 0 Å². The summed E-state index contributed by atoms with van der Waals surface area (Å²) in [5, 5.41) is 7.52. The molecule has 1 aromatic rings. The molecule has 1 aliphatic rings. The zero-order valence-corrected chi connectivity index (χ0v) is 12.9. The number of hydrogen-bond donors (Lipinski definition) is 2. The van der Waals surface area contributed by atoms with E-state index >= 15 is 0 Å². The molecule has 1 aromatic carbocycles. The zero-order valence-electron chi connectivity index (χ0n) is 12.1. The minimum Gasteiger partial charge on any atom is -0.359 e. The number of nitrogens with one attached hydrogen (secondary N) is 2. The molecule has 0 unspecified atom stereocenters. The third-order valence-electron chi connectivity index (χ3n) is 4.30. The van der Waals surface area contributed by atoms with Gasteiger partial charge in [0.25, 0.3) is 0 Å². The van der Waals surface area contributed by atoms with Crippen molar-refractivity contribution in [3.05, 3.63) is 29.8 Å². The highest BCUT2D eigenvalue weighted by atomic mass is 32.1. The van der Waals surface area contributed by atoms with E-state index < -0.39 is 0 Å². The number of hydrogen-bond acceptors (Lipinski definition) is 1. The summed E-state index contributed by atoms with van der Waals surface area (Å²) in [5.74, 6) is 1.47. The molecule has 0 aromatic heterocycles. The van der Waals surface area contributed by atoms with E-state index in [0.717, 1.165) is 16.7 Å². The van der Waals surface area contributed by atoms with Crippen molar-refractivity contribution in [3.8, 4) is 0 Å². The minimum absolute atomic E-state index is 0.508. The van der Waals surface area contributed by atoms with Gasteiger partial charge in [0.1, 0.15) is 0 Å². The van der Waals surface area contributed by atoms with E-state index in [1.165, 1.54) is 24.8 Å². The standard InChI is InChI=1S/C16H24N2S/c1-11-6-4-8-14(10-11)17-16(19)18-15-9-5-7-12(2)13(15)3/h4,6,8,10,12-13,15H,5,7,9H2,1-3H3,(H2,17,18,19)/t12-,13-,15+/m0/s1. The zero-order chi connectivity index (χ0) is 13.8. The van der Waals surface area contributed by atoms with Crippen LogP contribution in [0, 0.1) is 18.8 Å². The highest BCUT2D eigenvalue weighted by molar-refractivity contribution is 7.80. The maximum atomic E-state index is 5.43. The average Bonchev–Trinajstić information content (AvgIpc) is 2.35. The van der Waals surface area contributed by atoms with Gasteiger partial charge in [-0.25, -0.2) is 0 Å². The molecule has 19 heavy (non-hydrogen) atoms. The Labute approximate surface area is 122 Å². The summed E-state index contributed by atoms with van der Waals surface area (Å²) >= 11 is 5.43. The van der Waals surface area contributed by atoms with Crippen LogP contribution in [0.3, 0.4) is 0 Å². The molecule has 2 rings (SSSR count). The van der Waals surface area contributed by atoms with Crippen molar-refractivity contribution in [2.45, 2.75) is 46.1 Å². The van der Waals surface area contributed by atoms with Crippen LogP contribution < -0.4 is 10.6 Å². The lowest BCUT2D eigenvalue weighted by Gasteiger charge is -2.35. The molecular weight excluding hydrogens is 252 g/mol. The van der Waals surface area contributed by atoms with E-state index in [2.05, 4.69) is 43.5 Å². The normalized spacial score (nSPS) is 26.8. The fourth-order valence-corrected chi connectivity index (χ4v) is 3.11. The molecule has 3 heteroatoms. The van der Waals surface area contributed by atoms with Crippen LogP contribution in [0.5, 0.6) is 0 Å². The molecule has 0 spiro atoms. The van der Waals surface area contributed by atoms with Crippen LogP contribution in [0.4, 0.5) is 5.69 Å². The Hall–Kier alpha value is -1.09. The van der Waals surface area contributed by atoms with Crippen molar-refractivity contribution in [1.29, 1.82) is 0 Å². The molecule has 2 N–H and O–H groups in total. The maximum Gasteiger partial charge on any atom is 0.171 e. The van der Waals surface area contributed by atoms with Crippen LogP contribution in [-0.4, -0.2) is 11.2 Å². The molecule has 1 saturated carbocycles. The topological polar surface area (TPSA) is 24.1 Å². The van der Waals surface area contributed by atoms with E-state index in [1.54, 1.807) is 0 Å². The Morgan fingerprint density at radius 3 is 2.79 bits per heavy atom. The first-order valence-electron chi connectivity index (χ1n) is 7.20. The minimum atomic E-state index is 0.508. The second-order valence-electron chi connectivity index (χ2n) is 5.84. The van der Waals surface area contributed by atoms with Crippen molar-refractivity contribution in [3.63, 3.8) is 0 Å². The number of aryl methyl sites for hydroxylation is 1. The van der Waals surface area contributed by atoms with Crippen molar-refractivity contribution >= 4 is 23.0 Å². The van der Waals surface area contributed by atoms with Gasteiger partial charge in [0.05, 0.1) is 0 Å². The van der Waals surface area contributed by atoms with E-state index in [0.29, 0.717) is 12.0 Å². The smallest absolute Gasteiger partial charge is 0.171 e. The lowest BCUT2D eigenvalue weighted by molar-refractivity contribution is 0.225. The lowest BCUT2D eigenvalue weighted by atomic mass is 9.78. The van der Waals surface area contributed by atoms with E-state index in [1.807, 2.05) is 12.1 Å². The van der Waals surface area contributed by atoms with Gasteiger partial charge >= 0.3 is 0 Å². The van der Waals surface area contributed by atoms with Gasteiger partial charge in [0.15, 0.2) is 5.11 Å². The highest BCUT2D eigenvalue weighted by Crippen LogP contribution is 2.29. The molecule has 0 bridgehead atoms. The van der Waals surface area contributed by atoms with Crippen molar-refractivity contribution in [2.75, 3.05) is 5.32 Å². The van der Waals surface area contributed by atoms with Crippen molar-refractivity contribution < 1.29 is 0 Å². The van der Waals surface area contributed by atoms with E-state index in [-0.39, 0.29) is 0 Å². The summed E-state index contributed by atoms with van der Waals surface area (Å²) in [4.78, 5) is 0. The van der Waals surface area contributed by atoms with Gasteiger partial charge in [0.2, 0.25) is 0 Å². The summed E-state index contributed by atoms with van der Waals surface area (Å²) in [6, 6.07) is 8.81. The Bertz CT molecular complexity index is 444. The fourth-order valence-electron chi connectivity index (χ4n) is 2.84. The fraction of sp³-hybridized carbons (Fsp3) is 0.562.